The number of nitrogens with zero attached hydrogens (tertiary/aromatic N) is 1. The summed E-state index contributed by atoms with van der Waals surface area (Å²) < 4.78 is 0. The molecule has 0 bridgehead atoms. The minimum absolute atomic E-state index is 0.271. The first kappa shape index (κ1) is 17.0. The van der Waals surface area contributed by atoms with E-state index in [4.69, 9.17) is 0 Å². The van der Waals surface area contributed by atoms with Gasteiger partial charge in [-0.15, -0.1) is 0 Å². The highest BCUT2D eigenvalue weighted by molar-refractivity contribution is 5.47. The molecule has 0 radical (unpaired) electrons. The SMILES string of the molecule is CCCNC(CN(CC)c1ccc(C)cc1)C(C)(C)C. The van der Waals surface area contributed by atoms with E-state index in [1.54, 1.807) is 0 Å². The Hall–Kier alpha value is -1.02. The molecule has 1 rings (SSSR count). The van der Waals surface area contributed by atoms with Crippen molar-refractivity contribution in [3.05, 3.63) is 29.8 Å². The summed E-state index contributed by atoms with van der Waals surface area (Å²) in [5, 5.41) is 3.71. The van der Waals surface area contributed by atoms with Gasteiger partial charge in [-0.3, -0.25) is 0 Å². The van der Waals surface area contributed by atoms with Crippen molar-refractivity contribution in [1.82, 2.24) is 5.32 Å². The van der Waals surface area contributed by atoms with Gasteiger partial charge in [0.05, 0.1) is 0 Å². The van der Waals surface area contributed by atoms with Crippen molar-refractivity contribution >= 4 is 5.69 Å². The number of aryl methyl sites for hydroxylation is 1. The third-order valence-electron chi connectivity index (χ3n) is 3.87. The van der Waals surface area contributed by atoms with Crippen LogP contribution in [0.3, 0.4) is 0 Å². The van der Waals surface area contributed by atoms with Crippen LogP contribution < -0.4 is 10.2 Å². The molecule has 0 aliphatic carbocycles. The van der Waals surface area contributed by atoms with Crippen molar-refractivity contribution in [2.75, 3.05) is 24.5 Å². The highest BCUT2D eigenvalue weighted by atomic mass is 15.2. The zero-order valence-corrected chi connectivity index (χ0v) is 14.2. The van der Waals surface area contributed by atoms with E-state index in [9.17, 15) is 0 Å². The van der Waals surface area contributed by atoms with Gasteiger partial charge in [0.1, 0.15) is 0 Å². The molecule has 0 amide bonds. The predicted molar refractivity (Wildman–Crippen MR) is 90.6 cm³/mol. The smallest absolute Gasteiger partial charge is 0.0366 e. The quantitative estimate of drug-likeness (QED) is 0.801. The Morgan fingerprint density at radius 1 is 1.10 bits per heavy atom. The molecule has 0 spiro atoms. The van der Waals surface area contributed by atoms with Crippen LogP contribution in [0.15, 0.2) is 24.3 Å². The second-order valence-corrected chi connectivity index (χ2v) is 6.75. The second-order valence-electron chi connectivity index (χ2n) is 6.75. The molecule has 1 aromatic carbocycles. The first-order valence-corrected chi connectivity index (χ1v) is 7.93. The maximum atomic E-state index is 3.71. The van der Waals surface area contributed by atoms with Gasteiger partial charge in [-0.05, 0) is 44.4 Å². The zero-order chi connectivity index (χ0) is 15.2. The van der Waals surface area contributed by atoms with Crippen LogP contribution in [0, 0.1) is 12.3 Å². The first-order chi connectivity index (χ1) is 9.38. The van der Waals surface area contributed by atoms with Gasteiger partial charge in [-0.1, -0.05) is 45.4 Å². The lowest BCUT2D eigenvalue weighted by Gasteiger charge is -2.37. The molecule has 0 aromatic heterocycles. The van der Waals surface area contributed by atoms with Gasteiger partial charge in [0, 0.05) is 24.8 Å². The van der Waals surface area contributed by atoms with Crippen molar-refractivity contribution in [2.24, 2.45) is 5.41 Å². The zero-order valence-electron chi connectivity index (χ0n) is 14.2. The molecule has 1 N–H and O–H groups in total. The molecular weight excluding hydrogens is 244 g/mol. The summed E-state index contributed by atoms with van der Waals surface area (Å²) in [4.78, 5) is 2.47. The van der Waals surface area contributed by atoms with Crippen LogP contribution in [-0.2, 0) is 0 Å². The molecule has 0 aliphatic rings. The Bertz CT molecular complexity index is 375. The molecule has 2 heteroatoms. The van der Waals surface area contributed by atoms with E-state index in [1.165, 1.54) is 17.7 Å². The number of hydrogen-bond donors (Lipinski definition) is 1. The van der Waals surface area contributed by atoms with Crippen LogP contribution in [0.1, 0.15) is 46.6 Å². The number of hydrogen-bond acceptors (Lipinski definition) is 2. The minimum Gasteiger partial charge on any atom is -0.370 e. The van der Waals surface area contributed by atoms with Crippen molar-refractivity contribution in [1.29, 1.82) is 0 Å². The van der Waals surface area contributed by atoms with Gasteiger partial charge in [0.15, 0.2) is 0 Å². The van der Waals surface area contributed by atoms with Gasteiger partial charge < -0.3 is 10.2 Å². The fourth-order valence-electron chi connectivity index (χ4n) is 2.36. The van der Waals surface area contributed by atoms with Gasteiger partial charge in [-0.2, -0.15) is 0 Å². The molecule has 2 nitrogen and oxygen atoms in total. The van der Waals surface area contributed by atoms with Crippen molar-refractivity contribution < 1.29 is 0 Å². The monoisotopic (exact) mass is 276 g/mol. The van der Waals surface area contributed by atoms with Crippen LogP contribution in [0.2, 0.25) is 0 Å². The second kappa shape index (κ2) is 7.68. The molecule has 0 fully saturated rings. The van der Waals surface area contributed by atoms with E-state index >= 15 is 0 Å². The molecule has 0 saturated heterocycles. The summed E-state index contributed by atoms with van der Waals surface area (Å²) in [6.45, 7) is 16.8. The van der Waals surface area contributed by atoms with E-state index in [0.29, 0.717) is 6.04 Å². The number of benzene rings is 1. The summed E-state index contributed by atoms with van der Waals surface area (Å²) in [6.07, 6.45) is 1.18. The Morgan fingerprint density at radius 3 is 2.15 bits per heavy atom. The van der Waals surface area contributed by atoms with Crippen molar-refractivity contribution in [3.63, 3.8) is 0 Å². The topological polar surface area (TPSA) is 15.3 Å². The Balaban J connectivity index is 2.80. The first-order valence-electron chi connectivity index (χ1n) is 7.93. The average Bonchev–Trinajstić information content (AvgIpc) is 2.39. The van der Waals surface area contributed by atoms with E-state index in [2.05, 4.69) is 76.0 Å². The summed E-state index contributed by atoms with van der Waals surface area (Å²) in [6, 6.07) is 9.37. The van der Waals surface area contributed by atoms with Crippen molar-refractivity contribution in [2.45, 2.75) is 54.0 Å². The molecule has 0 saturated carbocycles. The fourth-order valence-corrected chi connectivity index (χ4v) is 2.36. The Labute approximate surface area is 125 Å². The highest BCUT2D eigenvalue weighted by Gasteiger charge is 2.25. The lowest BCUT2D eigenvalue weighted by atomic mass is 9.86. The van der Waals surface area contributed by atoms with Crippen LogP contribution in [0.4, 0.5) is 5.69 Å². The lowest BCUT2D eigenvalue weighted by molar-refractivity contribution is 0.270. The number of anilines is 1. The molecular formula is C18H32N2. The molecule has 1 aromatic rings. The van der Waals surface area contributed by atoms with Gasteiger partial charge in [0.25, 0.3) is 0 Å². The average molecular weight is 276 g/mol. The molecule has 1 unspecified atom stereocenters. The number of nitrogens with one attached hydrogen (secondary N) is 1. The Kier molecular flexibility index (Phi) is 6.54. The number of rotatable bonds is 7. The third kappa shape index (κ3) is 5.16. The molecule has 20 heavy (non-hydrogen) atoms. The molecule has 0 aliphatic heterocycles. The molecule has 0 heterocycles. The highest BCUT2D eigenvalue weighted by Crippen LogP contribution is 2.23. The van der Waals surface area contributed by atoms with Gasteiger partial charge >= 0.3 is 0 Å². The van der Waals surface area contributed by atoms with Crippen LogP contribution in [0.25, 0.3) is 0 Å². The summed E-state index contributed by atoms with van der Waals surface area (Å²) >= 11 is 0. The molecule has 1 atom stereocenters. The Morgan fingerprint density at radius 2 is 1.70 bits per heavy atom. The van der Waals surface area contributed by atoms with Crippen LogP contribution in [-0.4, -0.2) is 25.7 Å². The number of likely N-dealkylation sites (N-methyl/N-ethyl adjacent to an activating group) is 1. The van der Waals surface area contributed by atoms with E-state index in [1.807, 2.05) is 0 Å². The van der Waals surface area contributed by atoms with Crippen molar-refractivity contribution in [3.8, 4) is 0 Å². The van der Waals surface area contributed by atoms with Gasteiger partial charge in [-0.25, -0.2) is 0 Å². The van der Waals surface area contributed by atoms with Crippen LogP contribution >= 0.6 is 0 Å². The molecule has 114 valence electrons. The summed E-state index contributed by atoms with van der Waals surface area (Å²) in [7, 11) is 0. The normalized spacial score (nSPS) is 13.3. The maximum absolute atomic E-state index is 3.71. The van der Waals surface area contributed by atoms with E-state index < -0.39 is 0 Å². The van der Waals surface area contributed by atoms with E-state index in [-0.39, 0.29) is 5.41 Å². The predicted octanol–water partition coefficient (Wildman–Crippen LogP) is 4.24. The fraction of sp³-hybridized carbons (Fsp3) is 0.667. The summed E-state index contributed by atoms with van der Waals surface area (Å²) in [5.74, 6) is 0. The minimum atomic E-state index is 0.271. The van der Waals surface area contributed by atoms with Gasteiger partial charge in [0.2, 0.25) is 0 Å². The standard InChI is InChI=1S/C18H32N2/c1-7-13-19-17(18(4,5)6)14-20(8-2)16-11-9-15(3)10-12-16/h9-12,17,19H,7-8,13-14H2,1-6H3. The lowest BCUT2D eigenvalue weighted by Crippen LogP contribution is -2.49. The van der Waals surface area contributed by atoms with E-state index in [0.717, 1.165) is 19.6 Å². The summed E-state index contributed by atoms with van der Waals surface area (Å²) in [5.41, 5.74) is 2.92. The third-order valence-corrected chi connectivity index (χ3v) is 3.87. The maximum Gasteiger partial charge on any atom is 0.0366 e. The van der Waals surface area contributed by atoms with Crippen LogP contribution in [0.5, 0.6) is 0 Å². The largest absolute Gasteiger partial charge is 0.370 e.